The molecule has 0 spiro atoms. The summed E-state index contributed by atoms with van der Waals surface area (Å²) < 4.78 is 0. The maximum Gasteiger partial charge on any atom is 0.408 e. The molecular formula is C14H17N3O2S. The summed E-state index contributed by atoms with van der Waals surface area (Å²) in [5, 5.41) is 10.1. The minimum absolute atomic E-state index is 0.300. The predicted octanol–water partition coefficient (Wildman–Crippen LogP) is 3.48. The highest BCUT2D eigenvalue weighted by Gasteiger charge is 2.27. The number of nitrogens with zero attached hydrogens (tertiary/aromatic N) is 3. The van der Waals surface area contributed by atoms with Crippen LogP contribution in [0.1, 0.15) is 25.8 Å². The molecule has 20 heavy (non-hydrogen) atoms. The van der Waals surface area contributed by atoms with Crippen LogP contribution in [0.4, 0.5) is 4.79 Å². The fourth-order valence-electron chi connectivity index (χ4n) is 1.76. The maximum absolute atomic E-state index is 11.3. The SMILES string of the molecule is CC(C)(C)N(Cc1ncc(-c2ccncc2)s1)C(=O)O. The molecule has 1 amide bonds. The smallest absolute Gasteiger partial charge is 0.408 e. The molecule has 0 aliphatic rings. The van der Waals surface area contributed by atoms with Gasteiger partial charge >= 0.3 is 6.09 Å². The molecule has 5 nitrogen and oxygen atoms in total. The van der Waals surface area contributed by atoms with Crippen LogP contribution in [0.15, 0.2) is 30.7 Å². The lowest BCUT2D eigenvalue weighted by Gasteiger charge is -2.32. The van der Waals surface area contributed by atoms with Crippen LogP contribution >= 0.6 is 11.3 Å². The van der Waals surface area contributed by atoms with Crippen LogP contribution in [-0.4, -0.2) is 31.6 Å². The molecule has 0 unspecified atom stereocenters. The molecule has 106 valence electrons. The second-order valence-electron chi connectivity index (χ2n) is 5.39. The number of hydrogen-bond acceptors (Lipinski definition) is 4. The summed E-state index contributed by atoms with van der Waals surface area (Å²) >= 11 is 1.50. The van der Waals surface area contributed by atoms with Gasteiger partial charge in [0, 0.05) is 24.1 Å². The minimum Gasteiger partial charge on any atom is -0.465 e. The lowest BCUT2D eigenvalue weighted by atomic mass is 10.1. The van der Waals surface area contributed by atoms with Gasteiger partial charge in [0.25, 0.3) is 0 Å². The molecule has 0 atom stereocenters. The van der Waals surface area contributed by atoms with Gasteiger partial charge in [0.1, 0.15) is 5.01 Å². The highest BCUT2D eigenvalue weighted by atomic mass is 32.1. The average Bonchev–Trinajstić information content (AvgIpc) is 2.84. The van der Waals surface area contributed by atoms with Gasteiger partial charge in [-0.1, -0.05) is 0 Å². The van der Waals surface area contributed by atoms with E-state index >= 15 is 0 Å². The third-order valence-corrected chi connectivity index (χ3v) is 3.88. The van der Waals surface area contributed by atoms with Gasteiger partial charge in [0.15, 0.2) is 0 Å². The molecule has 2 rings (SSSR count). The zero-order valence-corrected chi connectivity index (χ0v) is 12.5. The van der Waals surface area contributed by atoms with E-state index < -0.39 is 11.6 Å². The average molecular weight is 291 g/mol. The van der Waals surface area contributed by atoms with E-state index in [1.807, 2.05) is 32.9 Å². The molecule has 0 saturated carbocycles. The Kier molecular flexibility index (Phi) is 4.04. The standard InChI is InChI=1S/C14H17N3O2S/c1-14(2,3)17(13(18)19)9-12-16-8-11(20-12)10-4-6-15-7-5-10/h4-8H,9H2,1-3H3,(H,18,19). The number of carboxylic acid groups (broad SMARTS) is 1. The normalized spacial score (nSPS) is 11.3. The molecule has 6 heteroatoms. The Morgan fingerprint density at radius 2 is 2.00 bits per heavy atom. The molecule has 0 bridgehead atoms. The fraction of sp³-hybridized carbons (Fsp3) is 0.357. The van der Waals surface area contributed by atoms with Gasteiger partial charge in [-0.25, -0.2) is 9.78 Å². The molecule has 0 saturated heterocycles. The van der Waals surface area contributed by atoms with E-state index in [1.165, 1.54) is 16.2 Å². The van der Waals surface area contributed by atoms with E-state index in [9.17, 15) is 9.90 Å². The Balaban J connectivity index is 2.19. The number of aromatic nitrogens is 2. The number of amides is 1. The van der Waals surface area contributed by atoms with Crippen molar-refractivity contribution in [2.75, 3.05) is 0 Å². The van der Waals surface area contributed by atoms with Gasteiger partial charge in [-0.2, -0.15) is 0 Å². The van der Waals surface area contributed by atoms with Crippen molar-refractivity contribution in [2.45, 2.75) is 32.9 Å². The Morgan fingerprint density at radius 3 is 2.55 bits per heavy atom. The monoisotopic (exact) mass is 291 g/mol. The van der Waals surface area contributed by atoms with E-state index in [1.54, 1.807) is 18.6 Å². The van der Waals surface area contributed by atoms with E-state index in [0.29, 0.717) is 6.54 Å². The Bertz CT molecular complexity index is 590. The first-order valence-corrected chi connectivity index (χ1v) is 7.05. The highest BCUT2D eigenvalue weighted by Crippen LogP contribution is 2.27. The van der Waals surface area contributed by atoms with Crippen molar-refractivity contribution in [1.82, 2.24) is 14.9 Å². The first-order valence-electron chi connectivity index (χ1n) is 6.23. The quantitative estimate of drug-likeness (QED) is 0.940. The molecule has 1 N–H and O–H groups in total. The van der Waals surface area contributed by atoms with Crippen LogP contribution in [0.25, 0.3) is 10.4 Å². The molecule has 0 fully saturated rings. The summed E-state index contributed by atoms with van der Waals surface area (Å²) in [6, 6.07) is 3.83. The molecule has 0 aliphatic heterocycles. The van der Waals surface area contributed by atoms with Crippen molar-refractivity contribution in [1.29, 1.82) is 0 Å². The summed E-state index contributed by atoms with van der Waals surface area (Å²) in [5.74, 6) is 0. The molecular weight excluding hydrogens is 274 g/mol. The van der Waals surface area contributed by atoms with Crippen LogP contribution in [0.3, 0.4) is 0 Å². The number of thiazole rings is 1. The molecule has 0 aliphatic carbocycles. The van der Waals surface area contributed by atoms with Crippen molar-refractivity contribution < 1.29 is 9.90 Å². The van der Waals surface area contributed by atoms with E-state index in [4.69, 9.17) is 0 Å². The molecule has 0 aromatic carbocycles. The maximum atomic E-state index is 11.3. The van der Waals surface area contributed by atoms with Gasteiger partial charge in [0.2, 0.25) is 0 Å². The molecule has 2 aromatic rings. The Labute approximate surface area is 121 Å². The summed E-state index contributed by atoms with van der Waals surface area (Å²) in [6.45, 7) is 5.92. The number of pyridine rings is 1. The second kappa shape index (κ2) is 5.58. The van der Waals surface area contributed by atoms with Crippen LogP contribution in [0.5, 0.6) is 0 Å². The van der Waals surface area contributed by atoms with Crippen LogP contribution in [-0.2, 0) is 6.54 Å². The van der Waals surface area contributed by atoms with Gasteiger partial charge in [-0.3, -0.25) is 9.88 Å². The minimum atomic E-state index is -0.932. The van der Waals surface area contributed by atoms with Crippen LogP contribution < -0.4 is 0 Å². The number of rotatable bonds is 3. The van der Waals surface area contributed by atoms with E-state index in [2.05, 4.69) is 9.97 Å². The zero-order valence-electron chi connectivity index (χ0n) is 11.7. The fourth-order valence-corrected chi connectivity index (χ4v) is 2.67. The molecule has 0 radical (unpaired) electrons. The van der Waals surface area contributed by atoms with Crippen molar-refractivity contribution >= 4 is 17.4 Å². The number of hydrogen-bond donors (Lipinski definition) is 1. The summed E-state index contributed by atoms with van der Waals surface area (Å²) in [4.78, 5) is 22.0. The summed E-state index contributed by atoms with van der Waals surface area (Å²) in [6.07, 6.45) is 4.30. The van der Waals surface area contributed by atoms with Gasteiger partial charge in [-0.05, 0) is 38.5 Å². The second-order valence-corrected chi connectivity index (χ2v) is 6.51. The third-order valence-electron chi connectivity index (χ3n) is 2.85. The topological polar surface area (TPSA) is 66.3 Å². The van der Waals surface area contributed by atoms with Gasteiger partial charge in [-0.15, -0.1) is 11.3 Å². The summed E-state index contributed by atoms with van der Waals surface area (Å²) in [7, 11) is 0. The van der Waals surface area contributed by atoms with E-state index in [0.717, 1.165) is 15.4 Å². The Morgan fingerprint density at radius 1 is 1.35 bits per heavy atom. The largest absolute Gasteiger partial charge is 0.465 e. The lowest BCUT2D eigenvalue weighted by molar-refractivity contribution is 0.0955. The van der Waals surface area contributed by atoms with Crippen molar-refractivity contribution in [3.05, 3.63) is 35.7 Å². The molecule has 2 heterocycles. The highest BCUT2D eigenvalue weighted by molar-refractivity contribution is 7.15. The van der Waals surface area contributed by atoms with Gasteiger partial charge < -0.3 is 5.11 Å². The Hall–Kier alpha value is -1.95. The van der Waals surface area contributed by atoms with Crippen molar-refractivity contribution in [3.63, 3.8) is 0 Å². The molecule has 2 aromatic heterocycles. The van der Waals surface area contributed by atoms with Gasteiger partial charge in [0.05, 0.1) is 11.4 Å². The van der Waals surface area contributed by atoms with E-state index in [-0.39, 0.29) is 0 Å². The zero-order chi connectivity index (χ0) is 14.8. The number of carbonyl (C=O) groups is 1. The van der Waals surface area contributed by atoms with Crippen molar-refractivity contribution in [2.24, 2.45) is 0 Å². The van der Waals surface area contributed by atoms with Crippen LogP contribution in [0, 0.1) is 0 Å². The predicted molar refractivity (Wildman–Crippen MR) is 78.7 cm³/mol. The van der Waals surface area contributed by atoms with Crippen molar-refractivity contribution in [3.8, 4) is 10.4 Å². The first kappa shape index (κ1) is 14.5. The summed E-state index contributed by atoms with van der Waals surface area (Å²) in [5.41, 5.74) is 0.593. The lowest BCUT2D eigenvalue weighted by Crippen LogP contribution is -2.44. The van der Waals surface area contributed by atoms with Crippen LogP contribution in [0.2, 0.25) is 0 Å². The first-order chi connectivity index (χ1) is 9.38. The third kappa shape index (κ3) is 3.33.